The van der Waals surface area contributed by atoms with Gasteiger partial charge in [0, 0.05) is 6.20 Å². The number of nitrogens with two attached hydrogens (primary N) is 1. The highest BCUT2D eigenvalue weighted by Crippen LogP contribution is 2.13. The maximum Gasteiger partial charge on any atom is 0.0719 e. The van der Waals surface area contributed by atoms with E-state index in [0.29, 0.717) is 6.61 Å². The van der Waals surface area contributed by atoms with Crippen molar-refractivity contribution in [2.75, 3.05) is 6.61 Å². The number of aromatic nitrogens is 2. The summed E-state index contributed by atoms with van der Waals surface area (Å²) < 4.78 is 2.78. The van der Waals surface area contributed by atoms with Crippen LogP contribution in [0.25, 0.3) is 5.69 Å². The first-order valence-corrected chi connectivity index (χ1v) is 5.70. The molecular formula is C11H12BrN3O. The van der Waals surface area contributed by atoms with E-state index >= 15 is 0 Å². The lowest BCUT2D eigenvalue weighted by Gasteiger charge is -2.03. The van der Waals surface area contributed by atoms with Gasteiger partial charge < -0.3 is 4.84 Å². The Morgan fingerprint density at radius 3 is 2.62 bits per heavy atom. The van der Waals surface area contributed by atoms with Crippen molar-refractivity contribution in [2.45, 2.75) is 6.42 Å². The highest BCUT2D eigenvalue weighted by Gasteiger charge is 1.99. The van der Waals surface area contributed by atoms with Gasteiger partial charge in [-0.2, -0.15) is 5.10 Å². The molecule has 0 aliphatic carbocycles. The summed E-state index contributed by atoms with van der Waals surface area (Å²) in [4.78, 5) is 4.54. The third-order valence-corrected chi connectivity index (χ3v) is 2.67. The summed E-state index contributed by atoms with van der Waals surface area (Å²) in [5.41, 5.74) is 2.23. The minimum Gasteiger partial charge on any atom is -0.304 e. The molecule has 16 heavy (non-hydrogen) atoms. The van der Waals surface area contributed by atoms with Gasteiger partial charge in [0.25, 0.3) is 0 Å². The van der Waals surface area contributed by atoms with E-state index in [2.05, 4.69) is 25.9 Å². The predicted octanol–water partition coefficient (Wildman–Crippen LogP) is 2.07. The van der Waals surface area contributed by atoms with Gasteiger partial charge in [0.15, 0.2) is 0 Å². The van der Waals surface area contributed by atoms with Gasteiger partial charge in [0.05, 0.1) is 23.0 Å². The van der Waals surface area contributed by atoms with Crippen LogP contribution in [0, 0.1) is 0 Å². The van der Waals surface area contributed by atoms with E-state index in [-0.39, 0.29) is 0 Å². The molecule has 2 N–H and O–H groups in total. The molecular weight excluding hydrogens is 270 g/mol. The van der Waals surface area contributed by atoms with Crippen LogP contribution in [0.3, 0.4) is 0 Å². The van der Waals surface area contributed by atoms with Crippen LogP contribution < -0.4 is 5.90 Å². The average Bonchev–Trinajstić information content (AvgIpc) is 2.74. The van der Waals surface area contributed by atoms with Crippen molar-refractivity contribution < 1.29 is 4.84 Å². The van der Waals surface area contributed by atoms with Gasteiger partial charge >= 0.3 is 0 Å². The van der Waals surface area contributed by atoms with E-state index in [9.17, 15) is 0 Å². The minimum absolute atomic E-state index is 0.534. The molecule has 0 saturated carbocycles. The van der Waals surface area contributed by atoms with Gasteiger partial charge in [0.2, 0.25) is 0 Å². The fraction of sp³-hybridized carbons (Fsp3) is 0.182. The molecule has 84 valence electrons. The first kappa shape index (κ1) is 11.3. The third-order valence-electron chi connectivity index (χ3n) is 2.26. The normalized spacial score (nSPS) is 10.6. The second kappa shape index (κ2) is 5.25. The first-order valence-electron chi connectivity index (χ1n) is 4.91. The molecule has 1 heterocycles. The van der Waals surface area contributed by atoms with Gasteiger partial charge in [-0.15, -0.1) is 0 Å². The maximum absolute atomic E-state index is 4.98. The van der Waals surface area contributed by atoms with Crippen molar-refractivity contribution in [3.8, 4) is 5.69 Å². The SMILES string of the molecule is NOCCc1ccc(-n2cc(Br)cn2)cc1. The molecule has 2 rings (SSSR count). The van der Waals surface area contributed by atoms with Crippen molar-refractivity contribution in [3.05, 3.63) is 46.7 Å². The summed E-state index contributed by atoms with van der Waals surface area (Å²) in [6, 6.07) is 8.13. The Morgan fingerprint density at radius 2 is 2.06 bits per heavy atom. The summed E-state index contributed by atoms with van der Waals surface area (Å²) in [6.45, 7) is 0.534. The van der Waals surface area contributed by atoms with Crippen molar-refractivity contribution in [2.24, 2.45) is 5.90 Å². The van der Waals surface area contributed by atoms with Crippen molar-refractivity contribution >= 4 is 15.9 Å². The van der Waals surface area contributed by atoms with Gasteiger partial charge in [-0.3, -0.25) is 0 Å². The van der Waals surface area contributed by atoms with E-state index in [0.717, 1.165) is 16.6 Å². The Hall–Kier alpha value is -1.17. The third kappa shape index (κ3) is 2.69. The summed E-state index contributed by atoms with van der Waals surface area (Å²) in [7, 11) is 0. The van der Waals surface area contributed by atoms with Gasteiger partial charge in [0.1, 0.15) is 0 Å². The zero-order valence-electron chi connectivity index (χ0n) is 8.64. The van der Waals surface area contributed by atoms with E-state index in [1.165, 1.54) is 5.56 Å². The molecule has 0 unspecified atom stereocenters. The van der Waals surface area contributed by atoms with Crippen LogP contribution in [-0.2, 0) is 11.3 Å². The largest absolute Gasteiger partial charge is 0.304 e. The maximum atomic E-state index is 4.98. The summed E-state index contributed by atoms with van der Waals surface area (Å²) in [5, 5.41) is 4.20. The molecule has 0 fully saturated rings. The molecule has 1 aromatic heterocycles. The molecule has 0 amide bonds. The number of benzene rings is 1. The molecule has 4 nitrogen and oxygen atoms in total. The number of halogens is 1. The number of nitrogens with zero attached hydrogens (tertiary/aromatic N) is 2. The van der Waals surface area contributed by atoms with Crippen LogP contribution in [0.4, 0.5) is 0 Å². The number of rotatable bonds is 4. The molecule has 0 aliphatic heterocycles. The van der Waals surface area contributed by atoms with Crippen LogP contribution >= 0.6 is 15.9 Å². The fourth-order valence-corrected chi connectivity index (χ4v) is 1.72. The van der Waals surface area contributed by atoms with Gasteiger partial charge in [-0.1, -0.05) is 12.1 Å². The highest BCUT2D eigenvalue weighted by atomic mass is 79.9. The first-order chi connectivity index (χ1) is 7.79. The predicted molar refractivity (Wildman–Crippen MR) is 65.1 cm³/mol. The number of hydrogen-bond donors (Lipinski definition) is 1. The molecule has 2 aromatic rings. The zero-order chi connectivity index (χ0) is 11.4. The molecule has 1 aromatic carbocycles. The Morgan fingerprint density at radius 1 is 1.31 bits per heavy atom. The van der Waals surface area contributed by atoms with E-state index < -0.39 is 0 Å². The van der Waals surface area contributed by atoms with Gasteiger partial charge in [-0.05, 0) is 40.0 Å². The topological polar surface area (TPSA) is 53.1 Å². The highest BCUT2D eigenvalue weighted by molar-refractivity contribution is 9.10. The van der Waals surface area contributed by atoms with Crippen LogP contribution in [0.1, 0.15) is 5.56 Å². The molecule has 0 atom stereocenters. The molecule has 0 saturated heterocycles. The molecule has 0 spiro atoms. The standard InChI is InChI=1S/C11H12BrN3O/c12-10-7-14-15(8-10)11-3-1-9(2-4-11)5-6-16-13/h1-4,7-8H,5-6,13H2. The lowest BCUT2D eigenvalue weighted by atomic mass is 10.1. The van der Waals surface area contributed by atoms with E-state index in [1.54, 1.807) is 6.20 Å². The second-order valence-electron chi connectivity index (χ2n) is 3.39. The zero-order valence-corrected chi connectivity index (χ0v) is 10.2. The van der Waals surface area contributed by atoms with E-state index in [4.69, 9.17) is 5.90 Å². The molecule has 0 radical (unpaired) electrons. The summed E-state index contributed by atoms with van der Waals surface area (Å²) >= 11 is 3.36. The summed E-state index contributed by atoms with van der Waals surface area (Å²) in [6.07, 6.45) is 4.49. The Kier molecular flexibility index (Phi) is 3.71. The van der Waals surface area contributed by atoms with Crippen molar-refractivity contribution in [1.29, 1.82) is 0 Å². The quantitative estimate of drug-likeness (QED) is 0.873. The van der Waals surface area contributed by atoms with Crippen LogP contribution in [0.15, 0.2) is 41.1 Å². The Balaban J connectivity index is 2.13. The van der Waals surface area contributed by atoms with Gasteiger partial charge in [-0.25, -0.2) is 10.6 Å². The lowest BCUT2D eigenvalue weighted by molar-refractivity contribution is 0.141. The fourth-order valence-electron chi connectivity index (χ4n) is 1.43. The lowest BCUT2D eigenvalue weighted by Crippen LogP contribution is -2.03. The van der Waals surface area contributed by atoms with Crippen molar-refractivity contribution in [3.63, 3.8) is 0 Å². The molecule has 0 bridgehead atoms. The smallest absolute Gasteiger partial charge is 0.0719 e. The van der Waals surface area contributed by atoms with Crippen LogP contribution in [0.5, 0.6) is 0 Å². The number of hydrogen-bond acceptors (Lipinski definition) is 3. The second-order valence-corrected chi connectivity index (χ2v) is 4.31. The summed E-state index contributed by atoms with van der Waals surface area (Å²) in [5.74, 6) is 4.98. The Labute approximate surface area is 102 Å². The molecule has 5 heteroatoms. The average molecular weight is 282 g/mol. The monoisotopic (exact) mass is 281 g/mol. The molecule has 0 aliphatic rings. The van der Waals surface area contributed by atoms with Crippen molar-refractivity contribution in [1.82, 2.24) is 9.78 Å². The Bertz CT molecular complexity index is 453. The minimum atomic E-state index is 0.534. The van der Waals surface area contributed by atoms with E-state index in [1.807, 2.05) is 35.1 Å². The van der Waals surface area contributed by atoms with Crippen LogP contribution in [-0.4, -0.2) is 16.4 Å². The van der Waals surface area contributed by atoms with Crippen LogP contribution in [0.2, 0.25) is 0 Å².